The summed E-state index contributed by atoms with van der Waals surface area (Å²) < 4.78 is 0. The normalized spacial score (nSPS) is 14.7. The zero-order valence-electron chi connectivity index (χ0n) is 10.6. The summed E-state index contributed by atoms with van der Waals surface area (Å²) in [5.74, 6) is 0. The van der Waals surface area contributed by atoms with Gasteiger partial charge in [0.25, 0.3) is 0 Å². The SMILES string of the molecule is CCB(CC)C(C)(CC)c1ccccc1. The molecule has 1 atom stereocenters. The van der Waals surface area contributed by atoms with Crippen LogP contribution in [0, 0.1) is 0 Å². The van der Waals surface area contributed by atoms with Gasteiger partial charge in [0.2, 0.25) is 0 Å². The molecule has 15 heavy (non-hydrogen) atoms. The predicted molar refractivity (Wildman–Crippen MR) is 70.8 cm³/mol. The Labute approximate surface area is 95.2 Å². The van der Waals surface area contributed by atoms with E-state index in [1.54, 1.807) is 0 Å². The van der Waals surface area contributed by atoms with Gasteiger partial charge in [-0.25, -0.2) is 0 Å². The van der Waals surface area contributed by atoms with Gasteiger partial charge in [0.05, 0.1) is 0 Å². The average molecular weight is 202 g/mol. The Kier molecular flexibility index (Phi) is 4.44. The van der Waals surface area contributed by atoms with Crippen molar-refractivity contribution >= 4 is 6.71 Å². The Morgan fingerprint density at radius 1 is 1.00 bits per heavy atom. The summed E-state index contributed by atoms with van der Waals surface area (Å²) in [4.78, 5) is 0. The second kappa shape index (κ2) is 5.39. The minimum Gasteiger partial charge on any atom is -0.0762 e. The van der Waals surface area contributed by atoms with E-state index in [9.17, 15) is 0 Å². The molecule has 1 rings (SSSR count). The topological polar surface area (TPSA) is 0 Å². The van der Waals surface area contributed by atoms with Crippen LogP contribution in [0.3, 0.4) is 0 Å². The second-order valence-corrected chi connectivity index (χ2v) is 4.65. The van der Waals surface area contributed by atoms with E-state index < -0.39 is 0 Å². The van der Waals surface area contributed by atoms with Crippen molar-refractivity contribution in [2.45, 2.75) is 52.1 Å². The van der Waals surface area contributed by atoms with Gasteiger partial charge in [0.1, 0.15) is 0 Å². The first-order valence-electron chi connectivity index (χ1n) is 6.24. The quantitative estimate of drug-likeness (QED) is 0.619. The van der Waals surface area contributed by atoms with Crippen LogP contribution in [0.5, 0.6) is 0 Å². The van der Waals surface area contributed by atoms with Gasteiger partial charge in [-0.05, 0) is 10.9 Å². The maximum atomic E-state index is 2.42. The van der Waals surface area contributed by atoms with Crippen LogP contribution in [0.2, 0.25) is 12.6 Å². The molecule has 82 valence electrons. The van der Waals surface area contributed by atoms with E-state index in [2.05, 4.69) is 58.0 Å². The lowest BCUT2D eigenvalue weighted by Crippen LogP contribution is -2.39. The molecule has 0 bridgehead atoms. The van der Waals surface area contributed by atoms with Gasteiger partial charge >= 0.3 is 0 Å². The predicted octanol–water partition coefficient (Wildman–Crippen LogP) is 4.43. The van der Waals surface area contributed by atoms with Crippen LogP contribution in [0.25, 0.3) is 0 Å². The van der Waals surface area contributed by atoms with Crippen LogP contribution in [0.4, 0.5) is 0 Å². The van der Waals surface area contributed by atoms with Crippen molar-refractivity contribution in [2.24, 2.45) is 0 Å². The van der Waals surface area contributed by atoms with E-state index in [4.69, 9.17) is 0 Å². The van der Waals surface area contributed by atoms with Crippen molar-refractivity contribution in [3.8, 4) is 0 Å². The van der Waals surface area contributed by atoms with Crippen LogP contribution in [0.1, 0.15) is 39.7 Å². The Hall–Kier alpha value is -0.715. The molecule has 0 aliphatic rings. The number of hydrogen-bond donors (Lipinski definition) is 0. The van der Waals surface area contributed by atoms with Crippen molar-refractivity contribution in [1.29, 1.82) is 0 Å². The molecule has 0 amide bonds. The summed E-state index contributed by atoms with van der Waals surface area (Å²) >= 11 is 0. The molecule has 0 radical (unpaired) electrons. The van der Waals surface area contributed by atoms with Crippen molar-refractivity contribution in [1.82, 2.24) is 0 Å². The summed E-state index contributed by atoms with van der Waals surface area (Å²) in [5, 5.41) is 0.352. The highest BCUT2D eigenvalue weighted by Gasteiger charge is 2.34. The van der Waals surface area contributed by atoms with Gasteiger partial charge < -0.3 is 0 Å². The minimum atomic E-state index is 0.352. The molecule has 1 aromatic carbocycles. The highest BCUT2D eigenvalue weighted by molar-refractivity contribution is 6.62. The Morgan fingerprint density at radius 2 is 1.53 bits per heavy atom. The molecule has 0 heterocycles. The number of rotatable bonds is 5. The first-order chi connectivity index (χ1) is 7.19. The molecular formula is C14H23B. The standard InChI is InChI=1S/C14H23B/c1-5-14(4,15(6-2)7-3)13-11-9-8-10-12-13/h8-12H,5-7H2,1-4H3. The summed E-state index contributed by atoms with van der Waals surface area (Å²) in [6.45, 7) is 10.1. The van der Waals surface area contributed by atoms with Gasteiger partial charge in [0, 0.05) is 0 Å². The van der Waals surface area contributed by atoms with Crippen molar-refractivity contribution in [3.63, 3.8) is 0 Å². The van der Waals surface area contributed by atoms with Crippen LogP contribution in [-0.4, -0.2) is 6.71 Å². The first-order valence-corrected chi connectivity index (χ1v) is 6.24. The van der Waals surface area contributed by atoms with Crippen LogP contribution in [-0.2, 0) is 5.31 Å². The van der Waals surface area contributed by atoms with Crippen molar-refractivity contribution < 1.29 is 0 Å². The average Bonchev–Trinajstić information content (AvgIpc) is 2.31. The van der Waals surface area contributed by atoms with E-state index in [1.807, 2.05) is 0 Å². The molecule has 0 aliphatic heterocycles. The van der Waals surface area contributed by atoms with Crippen LogP contribution >= 0.6 is 0 Å². The van der Waals surface area contributed by atoms with Gasteiger partial charge in [-0.3, -0.25) is 0 Å². The van der Waals surface area contributed by atoms with Crippen molar-refractivity contribution in [2.75, 3.05) is 0 Å². The molecule has 0 nitrogen and oxygen atoms in total. The third-order valence-electron chi connectivity index (χ3n) is 4.05. The zero-order valence-corrected chi connectivity index (χ0v) is 10.6. The second-order valence-electron chi connectivity index (χ2n) is 4.65. The highest BCUT2D eigenvalue weighted by Crippen LogP contribution is 2.33. The lowest BCUT2D eigenvalue weighted by molar-refractivity contribution is 0.620. The summed E-state index contributed by atoms with van der Waals surface area (Å²) in [6.07, 6.45) is 3.77. The molecule has 0 saturated heterocycles. The number of benzene rings is 1. The smallest absolute Gasteiger partial charge is 0.0762 e. The lowest BCUT2D eigenvalue weighted by atomic mass is 9.29. The van der Waals surface area contributed by atoms with Crippen LogP contribution < -0.4 is 0 Å². The molecular weight excluding hydrogens is 179 g/mol. The fraction of sp³-hybridized carbons (Fsp3) is 0.571. The van der Waals surface area contributed by atoms with E-state index in [0.717, 1.165) is 6.71 Å². The van der Waals surface area contributed by atoms with E-state index in [0.29, 0.717) is 5.31 Å². The molecule has 0 saturated carbocycles. The molecule has 0 aromatic heterocycles. The maximum Gasteiger partial charge on any atom is 0.151 e. The van der Waals surface area contributed by atoms with Crippen molar-refractivity contribution in [3.05, 3.63) is 35.9 Å². The first kappa shape index (κ1) is 12.4. The third-order valence-corrected chi connectivity index (χ3v) is 4.05. The third kappa shape index (κ3) is 2.45. The summed E-state index contributed by atoms with van der Waals surface area (Å²) in [5.41, 5.74) is 1.50. The fourth-order valence-corrected chi connectivity index (χ4v) is 2.74. The van der Waals surface area contributed by atoms with Gasteiger partial charge in [0.15, 0.2) is 6.71 Å². The summed E-state index contributed by atoms with van der Waals surface area (Å²) in [7, 11) is 0. The van der Waals surface area contributed by atoms with E-state index in [-0.39, 0.29) is 0 Å². The van der Waals surface area contributed by atoms with E-state index in [1.165, 1.54) is 24.6 Å². The maximum absolute atomic E-state index is 2.42. The molecule has 1 unspecified atom stereocenters. The molecule has 0 fully saturated rings. The minimum absolute atomic E-state index is 0.352. The molecule has 0 aliphatic carbocycles. The van der Waals surface area contributed by atoms with Gasteiger partial charge in [-0.2, -0.15) is 0 Å². The molecule has 0 spiro atoms. The monoisotopic (exact) mass is 202 g/mol. The molecule has 1 heteroatoms. The lowest BCUT2D eigenvalue weighted by Gasteiger charge is -2.34. The van der Waals surface area contributed by atoms with Gasteiger partial charge in [-0.1, -0.05) is 77.1 Å². The molecule has 1 aromatic rings. The fourth-order valence-electron chi connectivity index (χ4n) is 2.74. The Balaban J connectivity index is 3.04. The molecule has 0 N–H and O–H groups in total. The van der Waals surface area contributed by atoms with E-state index >= 15 is 0 Å². The highest BCUT2D eigenvalue weighted by atomic mass is 14.2. The largest absolute Gasteiger partial charge is 0.151 e. The van der Waals surface area contributed by atoms with Crippen LogP contribution in [0.15, 0.2) is 30.3 Å². The zero-order chi connectivity index (χ0) is 11.3. The summed E-state index contributed by atoms with van der Waals surface area (Å²) in [6, 6.07) is 11.0. The number of hydrogen-bond acceptors (Lipinski definition) is 0. The Morgan fingerprint density at radius 3 is 1.93 bits per heavy atom. The van der Waals surface area contributed by atoms with Gasteiger partial charge in [-0.15, -0.1) is 0 Å². The Bertz CT molecular complexity index is 277.